The van der Waals surface area contributed by atoms with Crippen LogP contribution in [-0.4, -0.2) is 17.0 Å². The molecule has 7 heteroatoms. The number of nitrogens with zero attached hydrogens (tertiary/aromatic N) is 1. The molecule has 2 aromatic rings. The first-order chi connectivity index (χ1) is 9.97. The van der Waals surface area contributed by atoms with Gasteiger partial charge in [0, 0.05) is 6.20 Å². The second-order valence-corrected chi connectivity index (χ2v) is 5.38. The molecule has 0 fully saturated rings. The summed E-state index contributed by atoms with van der Waals surface area (Å²) >= 11 is 17.6. The largest absolute Gasteiger partial charge is 0.479 e. The summed E-state index contributed by atoms with van der Waals surface area (Å²) in [5.41, 5.74) is 0. The number of aromatic nitrogens is 1. The summed E-state index contributed by atoms with van der Waals surface area (Å²) in [5.74, 6) is 0.369. The maximum atomic E-state index is 12.0. The van der Waals surface area contributed by atoms with Crippen LogP contribution < -0.4 is 10.1 Å². The monoisotopic (exact) mass is 344 g/mol. The van der Waals surface area contributed by atoms with Gasteiger partial charge in [-0.1, -0.05) is 40.9 Å². The molecule has 0 saturated heterocycles. The normalized spacial score (nSPS) is 11.8. The minimum absolute atomic E-state index is 0.267. The van der Waals surface area contributed by atoms with Gasteiger partial charge in [0.2, 0.25) is 0 Å². The molecule has 2 rings (SSSR count). The van der Waals surface area contributed by atoms with Gasteiger partial charge in [0.25, 0.3) is 5.91 Å². The van der Waals surface area contributed by atoms with Crippen molar-refractivity contribution in [1.29, 1.82) is 0 Å². The zero-order valence-electron chi connectivity index (χ0n) is 10.9. The van der Waals surface area contributed by atoms with Crippen molar-refractivity contribution in [3.63, 3.8) is 0 Å². The van der Waals surface area contributed by atoms with E-state index in [0.717, 1.165) is 0 Å². The van der Waals surface area contributed by atoms with Crippen molar-refractivity contribution >= 4 is 46.5 Å². The number of benzene rings is 1. The minimum Gasteiger partial charge on any atom is -0.479 e. The fourth-order valence-electron chi connectivity index (χ4n) is 1.50. The average molecular weight is 346 g/mol. The third-order valence-electron chi connectivity index (χ3n) is 2.57. The molecule has 0 spiro atoms. The summed E-state index contributed by atoms with van der Waals surface area (Å²) in [6.07, 6.45) is 0.676. The predicted molar refractivity (Wildman–Crippen MR) is 84.4 cm³/mol. The quantitative estimate of drug-likeness (QED) is 0.890. The van der Waals surface area contributed by atoms with Gasteiger partial charge in [-0.05, 0) is 31.2 Å². The molecule has 0 radical (unpaired) electrons. The van der Waals surface area contributed by atoms with E-state index in [4.69, 9.17) is 39.5 Å². The molecule has 4 nitrogen and oxygen atoms in total. The summed E-state index contributed by atoms with van der Waals surface area (Å²) in [7, 11) is 0. The van der Waals surface area contributed by atoms with Crippen molar-refractivity contribution < 1.29 is 9.53 Å². The first kappa shape index (κ1) is 15.9. The second-order valence-electron chi connectivity index (χ2n) is 4.16. The van der Waals surface area contributed by atoms with E-state index in [1.165, 1.54) is 6.20 Å². The number of hydrogen-bond donors (Lipinski definition) is 1. The summed E-state index contributed by atoms with van der Waals surface area (Å²) in [6, 6.07) is 8.19. The highest BCUT2D eigenvalue weighted by Gasteiger charge is 2.17. The summed E-state index contributed by atoms with van der Waals surface area (Å²) in [6.45, 7) is 1.60. The molecule has 1 heterocycles. The maximum Gasteiger partial charge on any atom is 0.266 e. The van der Waals surface area contributed by atoms with Gasteiger partial charge in [-0.2, -0.15) is 0 Å². The van der Waals surface area contributed by atoms with Gasteiger partial charge in [-0.3, -0.25) is 4.79 Å². The number of rotatable bonds is 4. The Bertz CT molecular complexity index is 647. The smallest absolute Gasteiger partial charge is 0.266 e. The minimum atomic E-state index is -0.765. The van der Waals surface area contributed by atoms with Crippen molar-refractivity contribution in [2.24, 2.45) is 0 Å². The highest BCUT2D eigenvalue weighted by molar-refractivity contribution is 6.42. The Morgan fingerprint density at radius 3 is 2.67 bits per heavy atom. The Balaban J connectivity index is 2.02. The van der Waals surface area contributed by atoms with Crippen molar-refractivity contribution in [3.05, 3.63) is 51.6 Å². The standard InChI is InChI=1S/C14H11Cl3N2O2/c1-8(21-11-4-2-3-10(16)13(11)17)14(20)19-12-6-5-9(15)7-18-12/h2-8H,1H3,(H,18,19,20). The molecule has 1 unspecified atom stereocenters. The third kappa shape index (κ3) is 4.24. The van der Waals surface area contributed by atoms with Crippen LogP contribution in [0.1, 0.15) is 6.92 Å². The van der Waals surface area contributed by atoms with E-state index in [2.05, 4.69) is 10.3 Å². The Kier molecular flexibility index (Phi) is 5.28. The van der Waals surface area contributed by atoms with Crippen molar-refractivity contribution in [3.8, 4) is 5.75 Å². The van der Waals surface area contributed by atoms with Crippen LogP contribution in [-0.2, 0) is 4.79 Å². The SMILES string of the molecule is CC(Oc1cccc(Cl)c1Cl)C(=O)Nc1ccc(Cl)cn1. The van der Waals surface area contributed by atoms with Gasteiger partial charge in [0.1, 0.15) is 16.6 Å². The molecule has 0 aliphatic rings. The fraction of sp³-hybridized carbons (Fsp3) is 0.143. The molecule has 0 saturated carbocycles. The van der Waals surface area contributed by atoms with Crippen LogP contribution in [0.4, 0.5) is 5.82 Å². The summed E-state index contributed by atoms with van der Waals surface area (Å²) < 4.78 is 5.50. The molecule has 0 aliphatic carbocycles. The Morgan fingerprint density at radius 2 is 2.00 bits per heavy atom. The van der Waals surface area contributed by atoms with Crippen LogP contribution in [0, 0.1) is 0 Å². The molecule has 1 aromatic carbocycles. The molecule has 1 atom stereocenters. The third-order valence-corrected chi connectivity index (χ3v) is 3.59. The number of carbonyl (C=O) groups excluding carboxylic acids is 1. The number of amides is 1. The highest BCUT2D eigenvalue weighted by Crippen LogP contribution is 2.32. The van der Waals surface area contributed by atoms with E-state index < -0.39 is 6.10 Å². The Labute approximate surface area is 137 Å². The van der Waals surface area contributed by atoms with E-state index in [-0.39, 0.29) is 10.9 Å². The lowest BCUT2D eigenvalue weighted by molar-refractivity contribution is -0.122. The van der Waals surface area contributed by atoms with E-state index in [9.17, 15) is 4.79 Å². The number of pyridine rings is 1. The van der Waals surface area contributed by atoms with E-state index >= 15 is 0 Å². The molecule has 0 bridgehead atoms. The lowest BCUT2D eigenvalue weighted by atomic mass is 10.3. The van der Waals surface area contributed by atoms with Gasteiger partial charge in [0.05, 0.1) is 10.0 Å². The molecule has 1 amide bonds. The van der Waals surface area contributed by atoms with E-state index in [1.54, 1.807) is 37.3 Å². The maximum absolute atomic E-state index is 12.0. The lowest BCUT2D eigenvalue weighted by Crippen LogP contribution is -2.30. The number of carbonyl (C=O) groups is 1. The number of ether oxygens (including phenoxy) is 1. The Hall–Kier alpha value is -1.49. The van der Waals surface area contributed by atoms with Crippen molar-refractivity contribution in [1.82, 2.24) is 4.98 Å². The van der Waals surface area contributed by atoms with Gasteiger partial charge < -0.3 is 10.1 Å². The number of anilines is 1. The Morgan fingerprint density at radius 1 is 1.24 bits per heavy atom. The van der Waals surface area contributed by atoms with Crippen molar-refractivity contribution in [2.75, 3.05) is 5.32 Å². The molecule has 21 heavy (non-hydrogen) atoms. The highest BCUT2D eigenvalue weighted by atomic mass is 35.5. The summed E-state index contributed by atoms with van der Waals surface area (Å²) in [4.78, 5) is 16.0. The van der Waals surface area contributed by atoms with E-state index in [0.29, 0.717) is 21.6 Å². The lowest BCUT2D eigenvalue weighted by Gasteiger charge is -2.15. The average Bonchev–Trinajstić information content (AvgIpc) is 2.46. The van der Waals surface area contributed by atoms with Crippen LogP contribution in [0.3, 0.4) is 0 Å². The van der Waals surface area contributed by atoms with Crippen LogP contribution in [0.15, 0.2) is 36.5 Å². The zero-order valence-corrected chi connectivity index (χ0v) is 13.2. The van der Waals surface area contributed by atoms with E-state index in [1.807, 2.05) is 0 Å². The topological polar surface area (TPSA) is 51.2 Å². The number of nitrogens with one attached hydrogen (secondary N) is 1. The molecule has 1 N–H and O–H groups in total. The van der Waals surface area contributed by atoms with Gasteiger partial charge in [-0.25, -0.2) is 4.98 Å². The second kappa shape index (κ2) is 6.98. The van der Waals surface area contributed by atoms with Gasteiger partial charge >= 0.3 is 0 Å². The van der Waals surface area contributed by atoms with Crippen LogP contribution >= 0.6 is 34.8 Å². The zero-order chi connectivity index (χ0) is 15.4. The molecular weight excluding hydrogens is 335 g/mol. The van der Waals surface area contributed by atoms with Crippen LogP contribution in [0.2, 0.25) is 15.1 Å². The van der Waals surface area contributed by atoms with Gasteiger partial charge in [0.15, 0.2) is 6.10 Å². The number of halogens is 3. The first-order valence-corrected chi connectivity index (χ1v) is 7.14. The first-order valence-electron chi connectivity index (χ1n) is 6.00. The number of hydrogen-bond acceptors (Lipinski definition) is 3. The predicted octanol–water partition coefficient (Wildman–Crippen LogP) is 4.45. The van der Waals surface area contributed by atoms with Crippen molar-refractivity contribution in [2.45, 2.75) is 13.0 Å². The molecule has 0 aliphatic heterocycles. The fourth-order valence-corrected chi connectivity index (χ4v) is 1.94. The van der Waals surface area contributed by atoms with Crippen LogP contribution in [0.25, 0.3) is 0 Å². The molecule has 1 aromatic heterocycles. The van der Waals surface area contributed by atoms with Crippen LogP contribution in [0.5, 0.6) is 5.75 Å². The molecular formula is C14H11Cl3N2O2. The summed E-state index contributed by atoms with van der Waals surface area (Å²) in [5, 5.41) is 3.73. The van der Waals surface area contributed by atoms with Gasteiger partial charge in [-0.15, -0.1) is 0 Å². The molecule has 110 valence electrons.